The molecule has 30 heteroatoms. The second-order valence-corrected chi connectivity index (χ2v) is 24.2. The van der Waals surface area contributed by atoms with Crippen LogP contribution in [0, 0.1) is 73.0 Å². The maximum Gasteiger partial charge on any atom is 3.00 e. The first kappa shape index (κ1) is 68.6. The van der Waals surface area contributed by atoms with Gasteiger partial charge in [0.05, 0.1) is 90.3 Å². The van der Waals surface area contributed by atoms with Gasteiger partial charge in [0.15, 0.2) is 0 Å². The number of rotatable bonds is 18. The minimum atomic E-state index is -1.37. The van der Waals surface area contributed by atoms with Gasteiger partial charge in [0.2, 0.25) is 11.8 Å². The van der Waals surface area contributed by atoms with Crippen molar-refractivity contribution in [1.82, 2.24) is 65.8 Å². The number of hydrogen-bond donors (Lipinski definition) is 8. The molecule has 5 aromatic rings. The third-order valence-electron chi connectivity index (χ3n) is 17.5. The van der Waals surface area contributed by atoms with Crippen LogP contribution in [-0.2, 0) is 68.0 Å². The molecule has 2 fully saturated rings. The first-order valence-corrected chi connectivity index (χ1v) is 30.7. The number of nitrogens with zero attached hydrogens (tertiary/aromatic N) is 9. The Morgan fingerprint density at radius 3 is 0.947 bits per heavy atom. The summed E-state index contributed by atoms with van der Waals surface area (Å²) in [6.07, 6.45) is 9.32. The fourth-order valence-corrected chi connectivity index (χ4v) is 12.8. The van der Waals surface area contributed by atoms with Crippen LogP contribution >= 0.6 is 0 Å². The Labute approximate surface area is 582 Å². The molecule has 0 atom stereocenters. The third kappa shape index (κ3) is 16.7. The number of amides is 8. The molecule has 0 saturated heterocycles. The zero-order valence-corrected chi connectivity index (χ0v) is 53.5. The van der Waals surface area contributed by atoms with Crippen molar-refractivity contribution in [2.24, 2.45) is 23.7 Å². The summed E-state index contributed by atoms with van der Waals surface area (Å²) in [4.78, 5) is 187. The van der Waals surface area contributed by atoms with E-state index in [1.165, 1.54) is 88.7 Å². The number of fused-ring (bicyclic) bond motifs is 12. The van der Waals surface area contributed by atoms with Crippen molar-refractivity contribution < 1.29 is 127 Å². The molecule has 0 spiro atoms. The van der Waals surface area contributed by atoms with Crippen molar-refractivity contribution in [3.05, 3.63) is 146 Å². The van der Waals surface area contributed by atoms with Crippen LogP contribution in [0.15, 0.2) is 78.9 Å². The average Bonchev–Trinajstić information content (AvgIpc) is 2.05. The Morgan fingerprint density at radius 2 is 0.663 bits per heavy atom. The Kier molecular flexibility index (Phi) is 21.7. The standard InChI is InChI=1S/C65H65N13O16.Eu/c79-54-9-10-55(80)77(54)26-34-1-5-36(6-2-34)58(83)66-13-15-68-60(85)46-25-47(61(86)69-16-14-67-59(84)37-7-3-35(4-8-37)27-78-56(81)11-12-57(78)82)53-33-76-30-44-19-40(64(91)92)23-50(72-44)48-21-38(62(87)88)17-42(70-48)28-75(32-52(46)74-53)29-43-18-39(63(89)90)22-49(71-43)51-24-41(65(93)94)20-45(31-76)73-51;/h9-12,17-25,34-37H,1-8,13-16,26-33H2,(H,66,83)(H,67,84)(H,68,85)(H,69,86)(H,87,88)(H,89,90)(H,91,92)(H,93,94);/q;+3. The summed E-state index contributed by atoms with van der Waals surface area (Å²) < 4.78 is 0. The number of carbonyl (C=O) groups excluding carboxylic acids is 8. The summed E-state index contributed by atoms with van der Waals surface area (Å²) in [5.41, 5.74) is -1.09. The Morgan fingerprint density at radius 1 is 0.379 bits per heavy atom. The van der Waals surface area contributed by atoms with Crippen molar-refractivity contribution in [3.8, 4) is 22.8 Å². The van der Waals surface area contributed by atoms with E-state index in [0.717, 1.165) is 0 Å². The summed E-state index contributed by atoms with van der Waals surface area (Å²) in [5, 5.41) is 53.4. The second-order valence-electron chi connectivity index (χ2n) is 24.2. The van der Waals surface area contributed by atoms with Gasteiger partial charge in [-0.15, -0.1) is 0 Å². The van der Waals surface area contributed by atoms with E-state index in [2.05, 4.69) is 21.3 Å². The summed E-state index contributed by atoms with van der Waals surface area (Å²) in [5.74, 6) is -9.72. The van der Waals surface area contributed by atoms with Gasteiger partial charge in [-0.2, -0.15) is 0 Å². The maximum atomic E-state index is 15.0. The number of carboxylic acids is 4. The Bertz CT molecular complexity index is 3650. The van der Waals surface area contributed by atoms with Crippen LogP contribution in [0.1, 0.15) is 148 Å². The largest absolute Gasteiger partial charge is 3.00 e. The fraction of sp³-hybridized carbons (Fsp3) is 0.369. The van der Waals surface area contributed by atoms with Gasteiger partial charge in [-0.3, -0.25) is 62.9 Å². The number of aromatic nitrogens is 5. The molecule has 12 bridgehead atoms. The van der Waals surface area contributed by atoms with Crippen molar-refractivity contribution in [2.45, 2.75) is 90.6 Å². The van der Waals surface area contributed by atoms with Gasteiger partial charge in [-0.1, -0.05) is 0 Å². The molecule has 11 rings (SSSR count). The predicted molar refractivity (Wildman–Crippen MR) is 326 cm³/mol. The molecule has 95 heavy (non-hydrogen) atoms. The molecule has 29 nitrogen and oxygen atoms in total. The molecule has 9 heterocycles. The molecule has 0 radical (unpaired) electrons. The SMILES string of the molecule is O=C(O)c1cc2nc(c1)-c1cc(C(=O)O)cc(n1)CN1Cc3cc(C(=O)O)cc(n3)-c3cc(C(=O)O)cc(n3)CN(C2)Cc2nc(c(C(=O)NCCNC(=O)C3CCC(CN4C(=O)C=CC4=O)CC3)cc2C(=O)NCCNC(=O)C2CCC(CN3C(=O)C=CC3=O)CC2)C1.[Eu+3]. The van der Waals surface area contributed by atoms with E-state index in [-0.39, 0.29) is 277 Å². The van der Waals surface area contributed by atoms with Crippen molar-refractivity contribution in [1.29, 1.82) is 0 Å². The monoisotopic (exact) mass is 1440 g/mol. The topological polar surface area (TPSA) is 411 Å². The average molecular weight is 1440 g/mol. The van der Waals surface area contributed by atoms with Gasteiger partial charge in [0.25, 0.3) is 35.4 Å². The van der Waals surface area contributed by atoms with Gasteiger partial charge in [0, 0.05) is 115 Å². The molecule has 2 saturated carbocycles. The van der Waals surface area contributed by atoms with Gasteiger partial charge < -0.3 is 41.7 Å². The zero-order valence-electron chi connectivity index (χ0n) is 51.0. The molecule has 6 aliphatic rings. The van der Waals surface area contributed by atoms with E-state index in [4.69, 9.17) is 24.9 Å². The number of carboxylic acid groups (broad SMARTS) is 4. The number of aromatic carboxylic acids is 4. The van der Waals surface area contributed by atoms with Crippen LogP contribution < -0.4 is 21.3 Å². The number of hydrogen-bond acceptors (Lipinski definition) is 19. The summed E-state index contributed by atoms with van der Waals surface area (Å²) >= 11 is 0. The predicted octanol–water partition coefficient (Wildman–Crippen LogP) is 2.97. The summed E-state index contributed by atoms with van der Waals surface area (Å²) in [7, 11) is 0. The van der Waals surface area contributed by atoms with Gasteiger partial charge >= 0.3 is 73.3 Å². The van der Waals surface area contributed by atoms with E-state index in [1.807, 2.05) is 0 Å². The van der Waals surface area contributed by atoms with Gasteiger partial charge in [0.1, 0.15) is 0 Å². The minimum absolute atomic E-state index is 0. The summed E-state index contributed by atoms with van der Waals surface area (Å²) in [6.45, 7) is -1.60. The van der Waals surface area contributed by atoms with Crippen molar-refractivity contribution in [3.63, 3.8) is 0 Å². The number of pyridine rings is 5. The van der Waals surface area contributed by atoms with Gasteiger partial charge in [-0.25, -0.2) is 39.1 Å². The van der Waals surface area contributed by atoms with Crippen LogP contribution in [0.5, 0.6) is 0 Å². The van der Waals surface area contributed by atoms with Crippen molar-refractivity contribution in [2.75, 3.05) is 39.3 Å². The number of carbonyl (C=O) groups is 12. The first-order chi connectivity index (χ1) is 45.1. The molecule has 8 N–H and O–H groups in total. The number of nitrogens with one attached hydrogen (secondary N) is 4. The smallest absolute Gasteiger partial charge is 0.478 e. The molecular formula is C65H65EuN13O16+3. The molecular weight excluding hydrogens is 1370 g/mol. The summed E-state index contributed by atoms with van der Waals surface area (Å²) in [6, 6.07) is 11.3. The molecule has 5 aromatic heterocycles. The Balaban J connectivity index is 0.00000983. The molecule has 490 valence electrons. The minimum Gasteiger partial charge on any atom is -0.478 e. The molecule has 4 aliphatic heterocycles. The van der Waals surface area contributed by atoms with Crippen LogP contribution in [0.2, 0.25) is 0 Å². The maximum absolute atomic E-state index is 15.0. The van der Waals surface area contributed by atoms with Crippen LogP contribution in [0.4, 0.5) is 0 Å². The van der Waals surface area contributed by atoms with E-state index >= 15 is 0 Å². The van der Waals surface area contributed by atoms with E-state index in [0.29, 0.717) is 51.4 Å². The van der Waals surface area contributed by atoms with Crippen LogP contribution in [0.3, 0.4) is 0 Å². The van der Waals surface area contributed by atoms with Gasteiger partial charge in [-0.05, 0) is 118 Å². The van der Waals surface area contributed by atoms with Crippen LogP contribution in [0.25, 0.3) is 22.8 Å². The van der Waals surface area contributed by atoms with E-state index < -0.39 is 35.7 Å². The molecule has 0 unspecified atom stereocenters. The van der Waals surface area contributed by atoms with E-state index in [9.17, 15) is 78.0 Å². The second kappa shape index (κ2) is 30.0. The van der Waals surface area contributed by atoms with E-state index in [1.54, 1.807) is 9.80 Å². The number of imide groups is 2. The Hall–Kier alpha value is -9.23. The molecule has 0 aromatic carbocycles. The van der Waals surface area contributed by atoms with Crippen LogP contribution in [-0.4, -0.2) is 175 Å². The molecule has 2 aliphatic carbocycles. The fourth-order valence-electron chi connectivity index (χ4n) is 12.8. The third-order valence-corrected chi connectivity index (χ3v) is 17.5. The first-order valence-electron chi connectivity index (χ1n) is 30.7. The zero-order chi connectivity index (χ0) is 66.5. The van der Waals surface area contributed by atoms with Crippen molar-refractivity contribution >= 4 is 71.1 Å². The quantitative estimate of drug-likeness (QED) is 0.0462. The normalized spacial score (nSPS) is 20.5. The molecule has 8 amide bonds.